The van der Waals surface area contributed by atoms with E-state index in [2.05, 4.69) is 26.3 Å². The second kappa shape index (κ2) is 9.04. The van der Waals surface area contributed by atoms with Crippen LogP contribution in [-0.2, 0) is 16.0 Å². The molecule has 0 bridgehead atoms. The lowest BCUT2D eigenvalue weighted by Crippen LogP contribution is -2.49. The summed E-state index contributed by atoms with van der Waals surface area (Å²) in [7, 11) is 0. The summed E-state index contributed by atoms with van der Waals surface area (Å²) in [6.45, 7) is 1.67. The molecule has 4 rings (SSSR count). The predicted molar refractivity (Wildman–Crippen MR) is 113 cm³/mol. The topological polar surface area (TPSA) is 122 Å². The van der Waals surface area contributed by atoms with E-state index in [0.29, 0.717) is 18.0 Å². The monoisotopic (exact) mass is 443 g/mol. The van der Waals surface area contributed by atoms with Gasteiger partial charge in [-0.3, -0.25) is 15.0 Å². The molecule has 2 heterocycles. The first kappa shape index (κ1) is 21.3. The van der Waals surface area contributed by atoms with Crippen molar-refractivity contribution >= 4 is 29.6 Å². The van der Waals surface area contributed by atoms with Crippen molar-refractivity contribution in [2.24, 2.45) is 0 Å². The van der Waals surface area contributed by atoms with Crippen LogP contribution in [0.1, 0.15) is 50.6 Å². The molecule has 11 heteroatoms. The van der Waals surface area contributed by atoms with E-state index in [0.717, 1.165) is 36.3 Å². The molecule has 2 aliphatic rings. The van der Waals surface area contributed by atoms with E-state index < -0.39 is 23.4 Å². The van der Waals surface area contributed by atoms with Crippen LogP contribution in [0, 0.1) is 0 Å². The van der Waals surface area contributed by atoms with Gasteiger partial charge in [-0.05, 0) is 48.6 Å². The van der Waals surface area contributed by atoms with Crippen LogP contribution in [0.15, 0.2) is 35.5 Å². The number of rotatable bonds is 8. The highest BCUT2D eigenvalue weighted by atomic mass is 32.2. The van der Waals surface area contributed by atoms with Crippen molar-refractivity contribution in [3.05, 3.63) is 35.9 Å². The molecule has 31 heavy (non-hydrogen) atoms. The molecule has 10 nitrogen and oxygen atoms in total. The molecule has 164 valence electrons. The fourth-order valence-corrected chi connectivity index (χ4v) is 4.68. The number of aromatic nitrogens is 4. The number of imide groups is 1. The molecule has 2 fully saturated rings. The molecule has 2 N–H and O–H groups in total. The van der Waals surface area contributed by atoms with Gasteiger partial charge in [-0.2, -0.15) is 5.01 Å². The number of carbonyl (C=O) groups excluding carboxylic acids is 3. The lowest BCUT2D eigenvalue weighted by molar-refractivity contribution is -0.138. The zero-order chi connectivity index (χ0) is 21.8. The summed E-state index contributed by atoms with van der Waals surface area (Å²) in [6.07, 6.45) is 5.39. The van der Waals surface area contributed by atoms with Crippen molar-refractivity contribution in [1.82, 2.24) is 36.0 Å². The standard InChI is InChI=1S/C20H25N7O3S/c1-20(12-11-14-7-3-2-4-8-14)17(29)27(18(30)21-20)23-16(28)13-31-19-22-24-25-26(19)15-9-5-6-10-15/h2-4,7-8,15H,5-6,9-13H2,1H3,(H,21,30)(H,23,28)/t20-/m0/s1. The highest BCUT2D eigenvalue weighted by molar-refractivity contribution is 7.99. The summed E-state index contributed by atoms with van der Waals surface area (Å²) in [5.74, 6) is -0.949. The Bertz CT molecular complexity index is 961. The van der Waals surface area contributed by atoms with Crippen LogP contribution >= 0.6 is 11.8 Å². The number of benzene rings is 1. The number of urea groups is 1. The van der Waals surface area contributed by atoms with Crippen molar-refractivity contribution in [2.75, 3.05) is 5.75 Å². The Morgan fingerprint density at radius 1 is 1.26 bits per heavy atom. The molecule has 1 atom stereocenters. The van der Waals surface area contributed by atoms with Gasteiger partial charge in [0.05, 0.1) is 11.8 Å². The number of aryl methyl sites for hydroxylation is 1. The summed E-state index contributed by atoms with van der Waals surface area (Å²) in [6, 6.07) is 9.36. The third-order valence-corrected chi connectivity index (χ3v) is 6.65. The van der Waals surface area contributed by atoms with Gasteiger partial charge in [-0.1, -0.05) is 54.9 Å². The molecule has 1 aromatic carbocycles. The van der Waals surface area contributed by atoms with Crippen LogP contribution < -0.4 is 10.7 Å². The minimum atomic E-state index is -1.07. The number of carbonyl (C=O) groups is 3. The number of tetrazole rings is 1. The highest BCUT2D eigenvalue weighted by Gasteiger charge is 2.48. The van der Waals surface area contributed by atoms with E-state index >= 15 is 0 Å². The van der Waals surface area contributed by atoms with Crippen LogP contribution in [0.5, 0.6) is 0 Å². The van der Waals surface area contributed by atoms with Crippen LogP contribution in [0.2, 0.25) is 0 Å². The lowest BCUT2D eigenvalue weighted by Gasteiger charge is -2.21. The number of amides is 4. The van der Waals surface area contributed by atoms with Gasteiger partial charge in [0.1, 0.15) is 5.54 Å². The second-order valence-corrected chi connectivity index (χ2v) is 9.00. The van der Waals surface area contributed by atoms with E-state index in [1.165, 1.54) is 11.8 Å². The second-order valence-electron chi connectivity index (χ2n) is 8.06. The normalized spacial score (nSPS) is 21.5. The Labute approximate surface area is 184 Å². The molecule has 0 unspecified atom stereocenters. The van der Waals surface area contributed by atoms with Crippen LogP contribution in [0.3, 0.4) is 0 Å². The summed E-state index contributed by atoms with van der Waals surface area (Å²) in [5.41, 5.74) is 2.42. The Morgan fingerprint density at radius 3 is 2.74 bits per heavy atom. The smallest absolute Gasteiger partial charge is 0.322 e. The third-order valence-electron chi connectivity index (χ3n) is 5.72. The molecule has 0 spiro atoms. The molecule has 1 aliphatic carbocycles. The van der Waals surface area contributed by atoms with Crippen molar-refractivity contribution < 1.29 is 14.4 Å². The molecular weight excluding hydrogens is 418 g/mol. The number of hydrogen-bond donors (Lipinski definition) is 2. The third kappa shape index (κ3) is 4.71. The van der Waals surface area contributed by atoms with Gasteiger partial charge >= 0.3 is 6.03 Å². The van der Waals surface area contributed by atoms with Gasteiger partial charge < -0.3 is 5.32 Å². The van der Waals surface area contributed by atoms with Crippen molar-refractivity contribution in [1.29, 1.82) is 0 Å². The molecule has 4 amide bonds. The first-order valence-corrected chi connectivity index (χ1v) is 11.4. The predicted octanol–water partition coefficient (Wildman–Crippen LogP) is 1.85. The zero-order valence-electron chi connectivity index (χ0n) is 17.3. The summed E-state index contributed by atoms with van der Waals surface area (Å²) in [4.78, 5) is 37.6. The van der Waals surface area contributed by atoms with Gasteiger partial charge in [0.25, 0.3) is 5.91 Å². The minimum Gasteiger partial charge on any atom is -0.322 e. The zero-order valence-corrected chi connectivity index (χ0v) is 18.1. The molecule has 1 aromatic heterocycles. The van der Waals surface area contributed by atoms with Crippen molar-refractivity contribution in [3.63, 3.8) is 0 Å². The lowest BCUT2D eigenvalue weighted by atomic mass is 9.93. The number of hydrogen-bond acceptors (Lipinski definition) is 7. The summed E-state index contributed by atoms with van der Waals surface area (Å²) >= 11 is 1.19. The number of nitrogens with zero attached hydrogens (tertiary/aromatic N) is 5. The number of nitrogens with one attached hydrogen (secondary N) is 2. The van der Waals surface area contributed by atoms with Gasteiger partial charge in [0, 0.05) is 0 Å². The van der Waals surface area contributed by atoms with Crippen molar-refractivity contribution in [3.8, 4) is 0 Å². The maximum atomic E-state index is 12.8. The first-order chi connectivity index (χ1) is 15.0. The summed E-state index contributed by atoms with van der Waals surface area (Å²) in [5, 5.41) is 15.8. The maximum Gasteiger partial charge on any atom is 0.344 e. The van der Waals surface area contributed by atoms with E-state index in [1.807, 2.05) is 30.3 Å². The first-order valence-electron chi connectivity index (χ1n) is 10.4. The highest BCUT2D eigenvalue weighted by Crippen LogP contribution is 2.31. The molecule has 2 aromatic rings. The van der Waals surface area contributed by atoms with E-state index in [9.17, 15) is 14.4 Å². The maximum absolute atomic E-state index is 12.8. The van der Waals surface area contributed by atoms with E-state index in [4.69, 9.17) is 0 Å². The Balaban J connectivity index is 1.31. The Kier molecular flexibility index (Phi) is 6.21. The Morgan fingerprint density at radius 2 is 2.00 bits per heavy atom. The fourth-order valence-electron chi connectivity index (χ4n) is 3.94. The molecule has 1 saturated heterocycles. The van der Waals surface area contributed by atoms with Crippen molar-refractivity contribution in [2.45, 2.75) is 62.2 Å². The van der Waals surface area contributed by atoms with Crippen LogP contribution in [0.4, 0.5) is 4.79 Å². The van der Waals surface area contributed by atoms with Gasteiger partial charge in [-0.25, -0.2) is 9.48 Å². The largest absolute Gasteiger partial charge is 0.344 e. The van der Waals surface area contributed by atoms with Gasteiger partial charge in [0.2, 0.25) is 11.1 Å². The quantitative estimate of drug-likeness (QED) is 0.472. The van der Waals surface area contributed by atoms with Crippen LogP contribution in [-0.4, -0.2) is 54.4 Å². The number of thioether (sulfide) groups is 1. The SMILES string of the molecule is C[C@@]1(CCc2ccccc2)NC(=O)N(NC(=O)CSc2nnnn2C2CCCC2)C1=O. The summed E-state index contributed by atoms with van der Waals surface area (Å²) < 4.78 is 1.76. The molecule has 1 saturated carbocycles. The van der Waals surface area contributed by atoms with Gasteiger partial charge in [0.15, 0.2) is 0 Å². The molecule has 1 aliphatic heterocycles. The van der Waals surface area contributed by atoms with Crippen LogP contribution in [0.25, 0.3) is 0 Å². The van der Waals surface area contributed by atoms with E-state index in [-0.39, 0.29) is 11.8 Å². The average Bonchev–Trinajstić information content (AvgIpc) is 3.49. The molecule has 0 radical (unpaired) electrons. The fraction of sp³-hybridized carbons (Fsp3) is 0.500. The minimum absolute atomic E-state index is 0.00904. The number of hydrazine groups is 1. The Hall–Kier alpha value is -2.95. The van der Waals surface area contributed by atoms with Gasteiger partial charge in [-0.15, -0.1) is 5.10 Å². The molecular formula is C20H25N7O3S. The average molecular weight is 444 g/mol. The van der Waals surface area contributed by atoms with E-state index in [1.54, 1.807) is 11.6 Å².